The quantitative estimate of drug-likeness (QED) is 0.548. The molecule has 0 radical (unpaired) electrons. The lowest BCUT2D eigenvalue weighted by Crippen LogP contribution is -2.14. The van der Waals surface area contributed by atoms with Crippen molar-refractivity contribution in [2.24, 2.45) is 0 Å². The monoisotopic (exact) mass is 470 g/mol. The van der Waals surface area contributed by atoms with Gasteiger partial charge >= 0.3 is 6.18 Å². The first-order valence-corrected chi connectivity index (χ1v) is 10.9. The van der Waals surface area contributed by atoms with Crippen LogP contribution in [0.2, 0.25) is 0 Å². The van der Waals surface area contributed by atoms with Crippen molar-refractivity contribution in [1.82, 2.24) is 19.9 Å². The van der Waals surface area contributed by atoms with Crippen LogP contribution in [0, 0.1) is 6.92 Å². The summed E-state index contributed by atoms with van der Waals surface area (Å²) >= 11 is 0. The number of carbonyl (C=O) groups is 1. The molecule has 2 aromatic heterocycles. The predicted octanol–water partition coefficient (Wildman–Crippen LogP) is 4.60. The highest BCUT2D eigenvalue weighted by Gasteiger charge is 2.32. The Morgan fingerprint density at radius 2 is 1.94 bits per heavy atom. The van der Waals surface area contributed by atoms with Gasteiger partial charge in [-0.15, -0.1) is 0 Å². The Morgan fingerprint density at radius 1 is 1.15 bits per heavy atom. The van der Waals surface area contributed by atoms with E-state index in [2.05, 4.69) is 30.5 Å². The zero-order chi connectivity index (χ0) is 24.5. The number of hydrogen-bond acceptors (Lipinski definition) is 6. The van der Waals surface area contributed by atoms with Crippen molar-refractivity contribution in [2.75, 3.05) is 31.3 Å². The number of nitrogens with zero attached hydrogens (tertiary/aromatic N) is 4. The molecule has 3 heterocycles. The highest BCUT2D eigenvalue weighted by Crippen LogP contribution is 2.38. The summed E-state index contributed by atoms with van der Waals surface area (Å²) in [5, 5.41) is 5.69. The normalized spacial score (nSPS) is 13.2. The van der Waals surface area contributed by atoms with E-state index in [9.17, 15) is 18.0 Å². The van der Waals surface area contributed by atoms with Crippen molar-refractivity contribution >= 4 is 23.2 Å². The minimum atomic E-state index is -4.52. The van der Waals surface area contributed by atoms with Crippen LogP contribution in [0.4, 0.5) is 30.5 Å². The van der Waals surface area contributed by atoms with E-state index in [1.54, 1.807) is 0 Å². The number of fused-ring (bicyclic) bond motifs is 3. The summed E-state index contributed by atoms with van der Waals surface area (Å²) in [7, 11) is 4.07. The van der Waals surface area contributed by atoms with E-state index in [1.807, 2.05) is 33.2 Å². The van der Waals surface area contributed by atoms with Crippen molar-refractivity contribution in [3.63, 3.8) is 0 Å². The molecule has 0 spiro atoms. The fourth-order valence-corrected chi connectivity index (χ4v) is 3.81. The molecule has 10 heteroatoms. The highest BCUT2D eigenvalue weighted by molar-refractivity contribution is 6.00. The molecule has 0 saturated carbocycles. The topological polar surface area (TPSA) is 83.0 Å². The van der Waals surface area contributed by atoms with Crippen LogP contribution in [0.1, 0.15) is 28.9 Å². The Kier molecular flexibility index (Phi) is 6.52. The second-order valence-corrected chi connectivity index (χ2v) is 8.52. The van der Waals surface area contributed by atoms with Gasteiger partial charge in [-0.2, -0.15) is 13.2 Å². The summed E-state index contributed by atoms with van der Waals surface area (Å²) in [6.07, 6.45) is -1.16. The number of benzene rings is 1. The Labute approximate surface area is 195 Å². The van der Waals surface area contributed by atoms with Gasteiger partial charge in [0.15, 0.2) is 0 Å². The molecule has 1 aliphatic heterocycles. The van der Waals surface area contributed by atoms with E-state index < -0.39 is 17.6 Å². The number of hydrogen-bond donors (Lipinski definition) is 2. The van der Waals surface area contributed by atoms with E-state index in [0.717, 1.165) is 48.6 Å². The first kappa shape index (κ1) is 23.6. The average molecular weight is 470 g/mol. The SMILES string of the molecule is Cc1nc(CCCN(C)C)ccc1Nc1ncc2c(n1)-c1ccc(C(F)(F)F)cc1NC(=O)C2. The van der Waals surface area contributed by atoms with Crippen LogP contribution in [-0.4, -0.2) is 46.4 Å². The molecule has 0 atom stereocenters. The van der Waals surface area contributed by atoms with Crippen LogP contribution in [0.25, 0.3) is 11.3 Å². The molecule has 1 aromatic carbocycles. The highest BCUT2D eigenvalue weighted by atomic mass is 19.4. The van der Waals surface area contributed by atoms with E-state index in [4.69, 9.17) is 0 Å². The third kappa shape index (κ3) is 5.33. The number of nitrogens with one attached hydrogen (secondary N) is 2. The number of amides is 1. The maximum absolute atomic E-state index is 13.2. The summed E-state index contributed by atoms with van der Waals surface area (Å²) in [4.78, 5) is 27.9. The lowest BCUT2D eigenvalue weighted by atomic mass is 10.0. The van der Waals surface area contributed by atoms with Crippen molar-refractivity contribution in [1.29, 1.82) is 0 Å². The van der Waals surface area contributed by atoms with E-state index in [-0.39, 0.29) is 18.1 Å². The van der Waals surface area contributed by atoms with E-state index in [0.29, 0.717) is 16.8 Å². The fraction of sp³-hybridized carbons (Fsp3) is 0.333. The van der Waals surface area contributed by atoms with Crippen LogP contribution in [-0.2, 0) is 23.8 Å². The van der Waals surface area contributed by atoms with Gasteiger partial charge in [-0.3, -0.25) is 9.78 Å². The summed E-state index contributed by atoms with van der Waals surface area (Å²) in [6.45, 7) is 2.87. The molecular formula is C24H25F3N6O. The molecule has 0 bridgehead atoms. The third-order valence-electron chi connectivity index (χ3n) is 5.52. The maximum atomic E-state index is 13.2. The van der Waals surface area contributed by atoms with Crippen LogP contribution in [0.15, 0.2) is 36.5 Å². The molecular weight excluding hydrogens is 445 g/mol. The van der Waals surface area contributed by atoms with Crippen LogP contribution < -0.4 is 10.6 Å². The second-order valence-electron chi connectivity index (χ2n) is 8.52. The molecule has 0 aliphatic carbocycles. The number of aromatic nitrogens is 3. The first-order chi connectivity index (χ1) is 16.1. The number of rotatable bonds is 6. The summed E-state index contributed by atoms with van der Waals surface area (Å²) in [6, 6.07) is 7.11. The molecule has 4 rings (SSSR count). The Morgan fingerprint density at radius 3 is 2.65 bits per heavy atom. The number of anilines is 3. The number of alkyl halides is 3. The molecule has 7 nitrogen and oxygen atoms in total. The molecule has 1 aliphatic rings. The van der Waals surface area contributed by atoms with Gasteiger partial charge in [-0.25, -0.2) is 9.97 Å². The number of pyridine rings is 1. The minimum absolute atomic E-state index is 0.0339. The molecule has 1 amide bonds. The zero-order valence-corrected chi connectivity index (χ0v) is 19.1. The summed E-state index contributed by atoms with van der Waals surface area (Å²) in [5.41, 5.74) is 3.09. The van der Waals surface area contributed by atoms with Gasteiger partial charge in [0.2, 0.25) is 11.9 Å². The Bertz CT molecular complexity index is 1230. The molecule has 3 aromatic rings. The lowest BCUT2D eigenvalue weighted by molar-refractivity contribution is -0.137. The van der Waals surface area contributed by atoms with Gasteiger partial charge in [0.25, 0.3) is 0 Å². The average Bonchev–Trinajstić information content (AvgIpc) is 2.89. The second kappa shape index (κ2) is 9.38. The minimum Gasteiger partial charge on any atom is -0.325 e. The summed E-state index contributed by atoms with van der Waals surface area (Å²) in [5.74, 6) is -0.155. The molecule has 2 N–H and O–H groups in total. The smallest absolute Gasteiger partial charge is 0.325 e. The van der Waals surface area contributed by atoms with Crippen LogP contribution in [0.5, 0.6) is 0 Å². The van der Waals surface area contributed by atoms with Crippen molar-refractivity contribution < 1.29 is 18.0 Å². The van der Waals surface area contributed by atoms with Gasteiger partial charge in [0.1, 0.15) is 0 Å². The van der Waals surface area contributed by atoms with Crippen molar-refractivity contribution in [3.8, 4) is 11.3 Å². The van der Waals surface area contributed by atoms with Crippen LogP contribution >= 0.6 is 0 Å². The third-order valence-corrected chi connectivity index (χ3v) is 5.52. The largest absolute Gasteiger partial charge is 0.416 e. The fourth-order valence-electron chi connectivity index (χ4n) is 3.81. The Hall–Kier alpha value is -3.53. The van der Waals surface area contributed by atoms with Gasteiger partial charge in [0.05, 0.1) is 34.7 Å². The lowest BCUT2D eigenvalue weighted by Gasteiger charge is -2.14. The molecule has 0 unspecified atom stereocenters. The number of aryl methyl sites for hydroxylation is 2. The van der Waals surface area contributed by atoms with Gasteiger partial charge in [0, 0.05) is 23.0 Å². The van der Waals surface area contributed by atoms with E-state index in [1.165, 1.54) is 12.3 Å². The van der Waals surface area contributed by atoms with Gasteiger partial charge < -0.3 is 15.5 Å². The molecule has 34 heavy (non-hydrogen) atoms. The molecule has 178 valence electrons. The van der Waals surface area contributed by atoms with Crippen molar-refractivity contribution in [3.05, 3.63) is 59.0 Å². The van der Waals surface area contributed by atoms with Gasteiger partial charge in [-0.05, 0) is 64.7 Å². The predicted molar refractivity (Wildman–Crippen MR) is 124 cm³/mol. The maximum Gasteiger partial charge on any atom is 0.416 e. The van der Waals surface area contributed by atoms with Gasteiger partial charge in [-0.1, -0.05) is 6.07 Å². The van der Waals surface area contributed by atoms with Crippen molar-refractivity contribution in [2.45, 2.75) is 32.4 Å². The van der Waals surface area contributed by atoms with Crippen LogP contribution in [0.3, 0.4) is 0 Å². The molecule has 0 saturated heterocycles. The Balaban J connectivity index is 1.61. The standard InChI is InChI=1S/C24H25F3N6O/c1-14-19(9-7-17(29-14)5-4-10-33(2)3)31-23-28-13-15-11-21(34)30-20-12-16(24(25,26)27)6-8-18(20)22(15)32-23/h6-9,12-13H,4-5,10-11H2,1-3H3,(H,30,34)(H,28,31,32). The summed E-state index contributed by atoms with van der Waals surface area (Å²) < 4.78 is 39.5. The number of carbonyl (C=O) groups excluding carboxylic acids is 1. The van der Waals surface area contributed by atoms with E-state index >= 15 is 0 Å². The first-order valence-electron chi connectivity index (χ1n) is 10.9. The zero-order valence-electron chi connectivity index (χ0n) is 19.1. The molecule has 0 fully saturated rings. The number of halogens is 3.